The van der Waals surface area contributed by atoms with Gasteiger partial charge < -0.3 is 10.6 Å². The first-order valence-electron chi connectivity index (χ1n) is 8.01. The van der Waals surface area contributed by atoms with Gasteiger partial charge in [-0.3, -0.25) is 9.69 Å². The molecule has 1 unspecified atom stereocenters. The van der Waals surface area contributed by atoms with E-state index < -0.39 is 0 Å². The molecule has 0 spiro atoms. The van der Waals surface area contributed by atoms with Crippen molar-refractivity contribution >= 4 is 5.91 Å². The minimum Gasteiger partial charge on any atom is -0.339 e. The molecule has 1 atom stereocenters. The zero-order chi connectivity index (χ0) is 15.1. The fourth-order valence-electron chi connectivity index (χ4n) is 2.83. The Labute approximate surface area is 127 Å². The van der Waals surface area contributed by atoms with Gasteiger partial charge in [0.05, 0.1) is 6.04 Å². The zero-order valence-electron chi connectivity index (χ0n) is 13.0. The first-order chi connectivity index (χ1) is 10.2. The molecule has 1 fully saturated rings. The van der Waals surface area contributed by atoms with Gasteiger partial charge in [0.2, 0.25) is 5.91 Å². The molecule has 0 aromatic heterocycles. The molecule has 116 valence electrons. The Morgan fingerprint density at radius 1 is 1.19 bits per heavy atom. The lowest BCUT2D eigenvalue weighted by atomic mass is 10.0. The van der Waals surface area contributed by atoms with Crippen molar-refractivity contribution in [3.63, 3.8) is 0 Å². The molecular formula is C17H27N3O. The molecule has 0 radical (unpaired) electrons. The number of benzene rings is 1. The average molecular weight is 289 g/mol. The summed E-state index contributed by atoms with van der Waals surface area (Å²) in [7, 11) is 0. The summed E-state index contributed by atoms with van der Waals surface area (Å²) in [4.78, 5) is 16.7. The van der Waals surface area contributed by atoms with Crippen LogP contribution in [0.2, 0.25) is 0 Å². The van der Waals surface area contributed by atoms with Gasteiger partial charge in [-0.1, -0.05) is 37.3 Å². The van der Waals surface area contributed by atoms with Crippen molar-refractivity contribution in [2.45, 2.75) is 32.2 Å². The SMILES string of the molecule is CCCN1CCN(C(=O)C(N)CCc2ccccc2)CC1. The third-order valence-corrected chi connectivity index (χ3v) is 4.13. The van der Waals surface area contributed by atoms with Crippen LogP contribution in [0.15, 0.2) is 30.3 Å². The molecule has 1 saturated heterocycles. The van der Waals surface area contributed by atoms with Crippen LogP contribution in [0.5, 0.6) is 0 Å². The van der Waals surface area contributed by atoms with Gasteiger partial charge in [-0.15, -0.1) is 0 Å². The summed E-state index contributed by atoms with van der Waals surface area (Å²) in [6.45, 7) is 6.91. The van der Waals surface area contributed by atoms with Crippen LogP contribution in [-0.2, 0) is 11.2 Å². The van der Waals surface area contributed by atoms with Gasteiger partial charge >= 0.3 is 0 Å². The van der Waals surface area contributed by atoms with E-state index in [0.717, 1.165) is 45.6 Å². The molecule has 2 rings (SSSR count). The Bertz CT molecular complexity index is 427. The molecule has 0 bridgehead atoms. The summed E-state index contributed by atoms with van der Waals surface area (Å²) in [6, 6.07) is 9.85. The van der Waals surface area contributed by atoms with Crippen molar-refractivity contribution in [3.8, 4) is 0 Å². The number of amides is 1. The zero-order valence-corrected chi connectivity index (χ0v) is 13.0. The Morgan fingerprint density at radius 2 is 1.86 bits per heavy atom. The number of piperazine rings is 1. The number of nitrogens with zero attached hydrogens (tertiary/aromatic N) is 2. The van der Waals surface area contributed by atoms with Gasteiger partial charge in [0.15, 0.2) is 0 Å². The lowest BCUT2D eigenvalue weighted by molar-refractivity contribution is -0.134. The highest BCUT2D eigenvalue weighted by atomic mass is 16.2. The quantitative estimate of drug-likeness (QED) is 0.863. The maximum atomic E-state index is 12.4. The number of nitrogens with two attached hydrogens (primary N) is 1. The van der Waals surface area contributed by atoms with Gasteiger partial charge in [0.1, 0.15) is 0 Å². The molecule has 1 aromatic rings. The van der Waals surface area contributed by atoms with E-state index in [1.807, 2.05) is 23.1 Å². The standard InChI is InChI=1S/C17H27N3O/c1-2-10-19-11-13-20(14-12-19)17(21)16(18)9-8-15-6-4-3-5-7-15/h3-7,16H,2,8-14,18H2,1H3. The molecule has 21 heavy (non-hydrogen) atoms. The highest BCUT2D eigenvalue weighted by molar-refractivity contribution is 5.81. The van der Waals surface area contributed by atoms with Crippen molar-refractivity contribution in [1.82, 2.24) is 9.80 Å². The first kappa shape index (κ1) is 16.0. The van der Waals surface area contributed by atoms with Crippen molar-refractivity contribution in [3.05, 3.63) is 35.9 Å². The van der Waals surface area contributed by atoms with Gasteiger partial charge in [-0.25, -0.2) is 0 Å². The third kappa shape index (κ3) is 4.83. The van der Waals surface area contributed by atoms with Gasteiger partial charge in [-0.2, -0.15) is 0 Å². The first-order valence-corrected chi connectivity index (χ1v) is 8.01. The topological polar surface area (TPSA) is 49.6 Å². The fraction of sp³-hybridized carbons (Fsp3) is 0.588. The Kier molecular flexibility index (Phi) is 6.21. The second-order valence-electron chi connectivity index (χ2n) is 5.80. The molecule has 4 heteroatoms. The van der Waals surface area contributed by atoms with Crippen LogP contribution in [0.3, 0.4) is 0 Å². The largest absolute Gasteiger partial charge is 0.339 e. The van der Waals surface area contributed by atoms with Crippen LogP contribution in [0, 0.1) is 0 Å². The molecule has 1 aromatic carbocycles. The summed E-state index contributed by atoms with van der Waals surface area (Å²) in [5, 5.41) is 0. The summed E-state index contributed by atoms with van der Waals surface area (Å²) < 4.78 is 0. The monoisotopic (exact) mass is 289 g/mol. The minimum absolute atomic E-state index is 0.113. The van der Waals surface area contributed by atoms with Crippen LogP contribution in [0.1, 0.15) is 25.3 Å². The van der Waals surface area contributed by atoms with Gasteiger partial charge in [0.25, 0.3) is 0 Å². The van der Waals surface area contributed by atoms with E-state index >= 15 is 0 Å². The molecule has 0 aliphatic carbocycles. The molecular weight excluding hydrogens is 262 g/mol. The number of hydrogen-bond acceptors (Lipinski definition) is 3. The van der Waals surface area contributed by atoms with Crippen LogP contribution < -0.4 is 5.73 Å². The molecule has 1 amide bonds. The van der Waals surface area contributed by atoms with E-state index in [4.69, 9.17) is 5.73 Å². The van der Waals surface area contributed by atoms with E-state index in [-0.39, 0.29) is 11.9 Å². The summed E-state index contributed by atoms with van der Waals surface area (Å²) in [5.74, 6) is 0.113. The Hall–Kier alpha value is -1.39. The third-order valence-electron chi connectivity index (χ3n) is 4.13. The predicted octanol–water partition coefficient (Wildman–Crippen LogP) is 1.50. The lowest BCUT2D eigenvalue weighted by Gasteiger charge is -2.35. The molecule has 4 nitrogen and oxygen atoms in total. The number of hydrogen-bond donors (Lipinski definition) is 1. The highest BCUT2D eigenvalue weighted by Crippen LogP contribution is 2.08. The van der Waals surface area contributed by atoms with E-state index in [0.29, 0.717) is 0 Å². The van der Waals surface area contributed by atoms with Crippen molar-refractivity contribution in [2.75, 3.05) is 32.7 Å². The smallest absolute Gasteiger partial charge is 0.239 e. The minimum atomic E-state index is -0.372. The van der Waals surface area contributed by atoms with Crippen molar-refractivity contribution in [2.24, 2.45) is 5.73 Å². The van der Waals surface area contributed by atoms with Gasteiger partial charge in [-0.05, 0) is 31.4 Å². The molecule has 1 aliphatic heterocycles. The van der Waals surface area contributed by atoms with Crippen LogP contribution in [0.4, 0.5) is 0 Å². The summed E-state index contributed by atoms with van der Waals surface area (Å²) in [5.41, 5.74) is 7.33. The van der Waals surface area contributed by atoms with E-state index in [9.17, 15) is 4.79 Å². The number of rotatable bonds is 6. The number of aryl methyl sites for hydroxylation is 1. The maximum Gasteiger partial charge on any atom is 0.239 e. The van der Waals surface area contributed by atoms with Crippen molar-refractivity contribution in [1.29, 1.82) is 0 Å². The van der Waals surface area contributed by atoms with Crippen LogP contribution in [-0.4, -0.2) is 54.5 Å². The van der Waals surface area contributed by atoms with E-state index in [1.54, 1.807) is 0 Å². The van der Waals surface area contributed by atoms with Crippen LogP contribution in [0.25, 0.3) is 0 Å². The second-order valence-corrected chi connectivity index (χ2v) is 5.80. The summed E-state index contributed by atoms with van der Waals surface area (Å²) >= 11 is 0. The van der Waals surface area contributed by atoms with E-state index in [2.05, 4.69) is 24.0 Å². The fourth-order valence-corrected chi connectivity index (χ4v) is 2.83. The van der Waals surface area contributed by atoms with Crippen LogP contribution >= 0.6 is 0 Å². The maximum absolute atomic E-state index is 12.4. The van der Waals surface area contributed by atoms with Crippen molar-refractivity contribution < 1.29 is 4.79 Å². The number of carbonyl (C=O) groups is 1. The Balaban J connectivity index is 1.75. The molecule has 1 aliphatic rings. The molecule has 1 heterocycles. The molecule has 0 saturated carbocycles. The van der Waals surface area contributed by atoms with E-state index in [1.165, 1.54) is 12.0 Å². The Morgan fingerprint density at radius 3 is 2.48 bits per heavy atom. The lowest BCUT2D eigenvalue weighted by Crippen LogP contribution is -2.53. The second kappa shape index (κ2) is 8.15. The van der Waals surface area contributed by atoms with Gasteiger partial charge in [0, 0.05) is 26.2 Å². The normalized spacial score (nSPS) is 17.7. The highest BCUT2D eigenvalue weighted by Gasteiger charge is 2.24. The summed E-state index contributed by atoms with van der Waals surface area (Å²) in [6.07, 6.45) is 2.76. The average Bonchev–Trinajstić information content (AvgIpc) is 2.54. The predicted molar refractivity (Wildman–Crippen MR) is 86.0 cm³/mol. The number of carbonyl (C=O) groups excluding carboxylic acids is 1. The molecule has 2 N–H and O–H groups in total.